The lowest BCUT2D eigenvalue weighted by molar-refractivity contribution is -0.120. The second-order valence-electron chi connectivity index (χ2n) is 9.23. The number of carbonyl (C=O) groups is 2. The molecule has 3 aromatic rings. The first-order valence-electron chi connectivity index (χ1n) is 11.5. The Kier molecular flexibility index (Phi) is 7.45. The van der Waals surface area contributed by atoms with Crippen LogP contribution in [0.25, 0.3) is 0 Å². The summed E-state index contributed by atoms with van der Waals surface area (Å²) >= 11 is 6.02. The number of benzene rings is 2. The highest BCUT2D eigenvalue weighted by molar-refractivity contribution is 6.30. The number of pyridine rings is 1. The van der Waals surface area contributed by atoms with Crippen molar-refractivity contribution in [2.45, 2.75) is 32.9 Å². The number of ether oxygens (including phenoxy) is 4. The van der Waals surface area contributed by atoms with E-state index in [2.05, 4.69) is 4.98 Å². The van der Waals surface area contributed by atoms with E-state index in [4.69, 9.17) is 30.5 Å². The number of carbonyl (C=O) groups excluding carboxylic acids is 2. The molecule has 0 atom stereocenters. The van der Waals surface area contributed by atoms with Crippen LogP contribution in [0.3, 0.4) is 0 Å². The van der Waals surface area contributed by atoms with Gasteiger partial charge >= 0.3 is 6.09 Å². The predicted octanol–water partition coefficient (Wildman–Crippen LogP) is 5.75. The van der Waals surface area contributed by atoms with Crippen LogP contribution >= 0.6 is 11.6 Å². The van der Waals surface area contributed by atoms with Crippen molar-refractivity contribution in [1.29, 1.82) is 0 Å². The number of amides is 2. The summed E-state index contributed by atoms with van der Waals surface area (Å²) in [5.74, 6) is 1.41. The molecule has 0 saturated heterocycles. The minimum atomic E-state index is -0.734. The van der Waals surface area contributed by atoms with Crippen LogP contribution in [0.5, 0.6) is 17.4 Å². The van der Waals surface area contributed by atoms with E-state index in [1.165, 1.54) is 9.80 Å². The number of nitrogens with zero attached hydrogens (tertiary/aromatic N) is 3. The number of hydrogen-bond acceptors (Lipinski definition) is 7. The number of anilines is 3. The summed E-state index contributed by atoms with van der Waals surface area (Å²) in [6, 6.07) is 15.5. The standard InChI is InChI=1S/C27H28ClN3O6/c1-27(2,3)37-26(33)30(15-17-6-11-20(34-4)14-22(17)35-5)23-13-12-21-25(29-23)36-16-24(32)31(21)19-9-7-18(28)8-10-19/h6-14H,15-16H2,1-5H3. The summed E-state index contributed by atoms with van der Waals surface area (Å²) in [5, 5.41) is 0.556. The van der Waals surface area contributed by atoms with E-state index in [1.807, 2.05) is 6.07 Å². The SMILES string of the molecule is COc1ccc(CN(C(=O)OC(C)(C)C)c2ccc3c(n2)OCC(=O)N3c2ccc(Cl)cc2)c(OC)c1. The number of hydrogen-bond donors (Lipinski definition) is 0. The molecular weight excluding hydrogens is 498 g/mol. The predicted molar refractivity (Wildman–Crippen MR) is 140 cm³/mol. The molecule has 1 aliphatic rings. The van der Waals surface area contributed by atoms with Gasteiger partial charge in [0.05, 0.1) is 20.8 Å². The Morgan fingerprint density at radius 2 is 1.81 bits per heavy atom. The minimum absolute atomic E-state index is 0.105. The molecule has 37 heavy (non-hydrogen) atoms. The number of aromatic nitrogens is 1. The fourth-order valence-corrected chi connectivity index (χ4v) is 3.89. The third kappa shape index (κ3) is 5.89. The average molecular weight is 526 g/mol. The van der Waals surface area contributed by atoms with E-state index in [-0.39, 0.29) is 30.8 Å². The van der Waals surface area contributed by atoms with Crippen LogP contribution in [-0.4, -0.2) is 43.4 Å². The van der Waals surface area contributed by atoms with Gasteiger partial charge in [0.15, 0.2) is 6.61 Å². The Hall–Kier alpha value is -3.98. The van der Waals surface area contributed by atoms with Crippen molar-refractivity contribution in [3.63, 3.8) is 0 Å². The van der Waals surface area contributed by atoms with Gasteiger partial charge in [-0.25, -0.2) is 4.79 Å². The number of rotatable bonds is 6. The molecular formula is C27H28ClN3O6. The molecule has 0 aliphatic carbocycles. The molecule has 9 nitrogen and oxygen atoms in total. The molecule has 0 bridgehead atoms. The third-order valence-corrected chi connectivity index (χ3v) is 5.70. The smallest absolute Gasteiger partial charge is 0.416 e. The summed E-state index contributed by atoms with van der Waals surface area (Å²) in [7, 11) is 3.11. The van der Waals surface area contributed by atoms with E-state index in [0.29, 0.717) is 33.5 Å². The maximum atomic E-state index is 13.3. The topological polar surface area (TPSA) is 90.4 Å². The van der Waals surface area contributed by atoms with Gasteiger partial charge in [0.25, 0.3) is 5.91 Å². The monoisotopic (exact) mass is 525 g/mol. The van der Waals surface area contributed by atoms with Crippen molar-refractivity contribution in [3.8, 4) is 17.4 Å². The van der Waals surface area contributed by atoms with Crippen LogP contribution in [0.1, 0.15) is 26.3 Å². The first-order valence-corrected chi connectivity index (χ1v) is 11.9. The van der Waals surface area contributed by atoms with Gasteiger partial charge in [0, 0.05) is 22.3 Å². The molecule has 0 radical (unpaired) electrons. The van der Waals surface area contributed by atoms with Gasteiger partial charge in [-0.05, 0) is 69.3 Å². The van der Waals surface area contributed by atoms with Gasteiger partial charge in [-0.1, -0.05) is 11.6 Å². The first-order chi connectivity index (χ1) is 17.6. The van der Waals surface area contributed by atoms with Gasteiger partial charge in [-0.15, -0.1) is 0 Å². The van der Waals surface area contributed by atoms with Crippen molar-refractivity contribution in [3.05, 3.63) is 65.2 Å². The van der Waals surface area contributed by atoms with Gasteiger partial charge in [-0.2, -0.15) is 4.98 Å². The highest BCUT2D eigenvalue weighted by Crippen LogP contribution is 2.38. The van der Waals surface area contributed by atoms with Gasteiger partial charge in [0.2, 0.25) is 5.88 Å². The van der Waals surface area contributed by atoms with E-state index >= 15 is 0 Å². The van der Waals surface area contributed by atoms with Crippen LogP contribution in [0.15, 0.2) is 54.6 Å². The molecule has 0 unspecified atom stereocenters. The number of methoxy groups -OCH3 is 2. The summed E-state index contributed by atoms with van der Waals surface area (Å²) in [4.78, 5) is 33.5. The molecule has 2 heterocycles. The zero-order chi connectivity index (χ0) is 26.7. The lowest BCUT2D eigenvalue weighted by atomic mass is 10.1. The summed E-state index contributed by atoms with van der Waals surface area (Å²) in [6.07, 6.45) is -0.598. The van der Waals surface area contributed by atoms with Gasteiger partial charge in [0.1, 0.15) is 28.6 Å². The maximum absolute atomic E-state index is 13.3. The molecule has 0 fully saturated rings. The van der Waals surface area contributed by atoms with E-state index in [0.717, 1.165) is 0 Å². The van der Waals surface area contributed by atoms with Crippen LogP contribution in [0.2, 0.25) is 5.02 Å². The van der Waals surface area contributed by atoms with E-state index < -0.39 is 11.7 Å². The van der Waals surface area contributed by atoms with Gasteiger partial charge in [-0.3, -0.25) is 14.6 Å². The Morgan fingerprint density at radius 3 is 2.46 bits per heavy atom. The summed E-state index contributed by atoms with van der Waals surface area (Å²) in [6.45, 7) is 5.26. The number of fused-ring (bicyclic) bond motifs is 1. The van der Waals surface area contributed by atoms with Crippen molar-refractivity contribution in [2.24, 2.45) is 0 Å². The average Bonchev–Trinajstić information content (AvgIpc) is 2.86. The second-order valence-corrected chi connectivity index (χ2v) is 9.67. The normalized spacial score (nSPS) is 12.9. The Bertz CT molecular complexity index is 1310. The maximum Gasteiger partial charge on any atom is 0.416 e. The van der Waals surface area contributed by atoms with E-state index in [9.17, 15) is 9.59 Å². The summed E-state index contributed by atoms with van der Waals surface area (Å²) in [5.41, 5.74) is 1.06. The van der Waals surface area contributed by atoms with Crippen LogP contribution in [0.4, 0.5) is 22.0 Å². The van der Waals surface area contributed by atoms with Crippen LogP contribution in [0, 0.1) is 0 Å². The Balaban J connectivity index is 1.73. The minimum Gasteiger partial charge on any atom is -0.497 e. The lowest BCUT2D eigenvalue weighted by Gasteiger charge is -2.31. The summed E-state index contributed by atoms with van der Waals surface area (Å²) < 4.78 is 22.1. The van der Waals surface area contributed by atoms with Crippen molar-refractivity contribution >= 4 is 40.8 Å². The zero-order valence-electron chi connectivity index (χ0n) is 21.3. The van der Waals surface area contributed by atoms with Crippen LogP contribution in [-0.2, 0) is 16.1 Å². The highest BCUT2D eigenvalue weighted by Gasteiger charge is 2.31. The molecule has 2 aromatic carbocycles. The molecule has 0 saturated carbocycles. The third-order valence-electron chi connectivity index (χ3n) is 5.45. The molecule has 2 amide bonds. The molecule has 10 heteroatoms. The molecule has 194 valence electrons. The quantitative estimate of drug-likeness (QED) is 0.404. The molecule has 1 aliphatic heterocycles. The Morgan fingerprint density at radius 1 is 1.08 bits per heavy atom. The highest BCUT2D eigenvalue weighted by atomic mass is 35.5. The second kappa shape index (κ2) is 10.6. The lowest BCUT2D eigenvalue weighted by Crippen LogP contribution is -2.38. The fraction of sp³-hybridized carbons (Fsp3) is 0.296. The molecule has 1 aromatic heterocycles. The van der Waals surface area contributed by atoms with Crippen molar-refractivity contribution < 1.29 is 28.5 Å². The fourth-order valence-electron chi connectivity index (χ4n) is 3.76. The molecule has 4 rings (SSSR count). The molecule has 0 N–H and O–H groups in total. The van der Waals surface area contributed by atoms with Crippen molar-refractivity contribution in [2.75, 3.05) is 30.6 Å². The van der Waals surface area contributed by atoms with E-state index in [1.54, 1.807) is 83.5 Å². The zero-order valence-corrected chi connectivity index (χ0v) is 22.0. The van der Waals surface area contributed by atoms with Crippen molar-refractivity contribution in [1.82, 2.24) is 4.98 Å². The van der Waals surface area contributed by atoms with Gasteiger partial charge < -0.3 is 18.9 Å². The first kappa shape index (κ1) is 26.1. The molecule has 0 spiro atoms. The largest absolute Gasteiger partial charge is 0.497 e. The Labute approximate surface area is 220 Å². The van der Waals surface area contributed by atoms with Crippen LogP contribution < -0.4 is 24.0 Å². The number of halogens is 1.